The average Bonchev–Trinajstić information content (AvgIpc) is 2.76. The van der Waals surface area contributed by atoms with Crippen molar-refractivity contribution >= 4 is 23.0 Å². The molecule has 2 aromatic rings. The van der Waals surface area contributed by atoms with Crippen molar-refractivity contribution in [3.8, 4) is 17.2 Å². The summed E-state index contributed by atoms with van der Waals surface area (Å²) in [5.74, 6) is 2.08. The molecule has 1 aliphatic heterocycles. The van der Waals surface area contributed by atoms with Gasteiger partial charge in [-0.3, -0.25) is 0 Å². The van der Waals surface area contributed by atoms with Gasteiger partial charge in [-0.15, -0.1) is 0 Å². The third kappa shape index (κ3) is 4.79. The largest absolute Gasteiger partial charge is 0.493 e. The Balaban J connectivity index is 1.61. The van der Waals surface area contributed by atoms with Crippen LogP contribution in [0.5, 0.6) is 17.2 Å². The first-order chi connectivity index (χ1) is 14.5. The number of thiocarbonyl (C=S) groups is 1. The molecule has 6 nitrogen and oxygen atoms in total. The lowest BCUT2D eigenvalue weighted by atomic mass is 10.1. The molecule has 1 aliphatic rings. The molecular formula is C23H32N3O3S+. The first kappa shape index (κ1) is 22.2. The van der Waals surface area contributed by atoms with E-state index in [1.165, 1.54) is 16.0 Å². The van der Waals surface area contributed by atoms with Crippen LogP contribution in [0.25, 0.3) is 0 Å². The summed E-state index contributed by atoms with van der Waals surface area (Å²) in [4.78, 5) is 3.75. The first-order valence-electron chi connectivity index (χ1n) is 10.2. The Morgan fingerprint density at radius 2 is 1.70 bits per heavy atom. The summed E-state index contributed by atoms with van der Waals surface area (Å²) < 4.78 is 16.5. The predicted octanol–water partition coefficient (Wildman–Crippen LogP) is 2.43. The standard InChI is InChI=1S/C23H31N3O3S/c1-16-7-6-8-19(17(16)2)24-23(30)26-13-11-25(12-14-26)15-18-9-10-20(27-3)22(29-5)21(18)28-4/h6-10H,11-15H2,1-5H3,(H,24,30)/p+1. The Kier molecular flexibility index (Phi) is 7.39. The number of hydrogen-bond acceptors (Lipinski definition) is 4. The molecule has 0 amide bonds. The van der Waals surface area contributed by atoms with Gasteiger partial charge in [0.15, 0.2) is 16.6 Å². The van der Waals surface area contributed by atoms with Gasteiger partial charge in [-0.1, -0.05) is 12.1 Å². The van der Waals surface area contributed by atoms with Crippen molar-refractivity contribution in [1.82, 2.24) is 4.90 Å². The van der Waals surface area contributed by atoms with Crippen LogP contribution in [0.1, 0.15) is 16.7 Å². The van der Waals surface area contributed by atoms with Crippen LogP contribution in [0, 0.1) is 13.8 Å². The molecule has 0 spiro atoms. The van der Waals surface area contributed by atoms with E-state index < -0.39 is 0 Å². The minimum atomic E-state index is 0.648. The Bertz CT molecular complexity index is 896. The number of quaternary nitrogens is 1. The SMILES string of the molecule is COc1ccc(C[NH+]2CCN(C(=S)Nc3cccc(C)c3C)CC2)c(OC)c1OC. The van der Waals surface area contributed by atoms with Crippen LogP contribution in [0.4, 0.5) is 5.69 Å². The van der Waals surface area contributed by atoms with Crippen LogP contribution in [0.15, 0.2) is 30.3 Å². The molecule has 0 saturated carbocycles. The molecule has 7 heteroatoms. The summed E-state index contributed by atoms with van der Waals surface area (Å²) in [7, 11) is 4.95. The van der Waals surface area contributed by atoms with Gasteiger partial charge in [0.05, 0.1) is 53.1 Å². The molecule has 0 atom stereocenters. The van der Waals surface area contributed by atoms with E-state index in [2.05, 4.69) is 48.3 Å². The van der Waals surface area contributed by atoms with Crippen LogP contribution >= 0.6 is 12.2 Å². The van der Waals surface area contributed by atoms with E-state index in [4.69, 9.17) is 26.4 Å². The molecule has 1 saturated heterocycles. The highest BCUT2D eigenvalue weighted by atomic mass is 32.1. The van der Waals surface area contributed by atoms with Crippen molar-refractivity contribution in [2.45, 2.75) is 20.4 Å². The highest BCUT2D eigenvalue weighted by Gasteiger charge is 2.25. The highest BCUT2D eigenvalue weighted by molar-refractivity contribution is 7.80. The smallest absolute Gasteiger partial charge is 0.203 e. The van der Waals surface area contributed by atoms with Gasteiger partial charge in [-0.05, 0) is 55.4 Å². The monoisotopic (exact) mass is 430 g/mol. The zero-order valence-electron chi connectivity index (χ0n) is 18.5. The van der Waals surface area contributed by atoms with Crippen molar-refractivity contribution in [2.24, 2.45) is 0 Å². The minimum Gasteiger partial charge on any atom is -0.493 e. The Labute approximate surface area is 184 Å². The quantitative estimate of drug-likeness (QED) is 0.687. The summed E-state index contributed by atoms with van der Waals surface area (Å²) in [6.45, 7) is 8.96. The maximum atomic E-state index is 5.68. The fourth-order valence-corrected chi connectivity index (χ4v) is 4.15. The third-order valence-corrected chi connectivity index (χ3v) is 6.19. The normalized spacial score (nSPS) is 14.4. The van der Waals surface area contributed by atoms with E-state index in [0.29, 0.717) is 11.5 Å². The maximum Gasteiger partial charge on any atom is 0.203 e. The second-order valence-corrected chi connectivity index (χ2v) is 7.97. The molecule has 3 rings (SSSR count). The lowest BCUT2D eigenvalue weighted by Crippen LogP contribution is -3.13. The van der Waals surface area contributed by atoms with E-state index >= 15 is 0 Å². The molecule has 30 heavy (non-hydrogen) atoms. The fourth-order valence-electron chi connectivity index (χ4n) is 3.86. The van der Waals surface area contributed by atoms with Crippen LogP contribution in [0.2, 0.25) is 0 Å². The first-order valence-corrected chi connectivity index (χ1v) is 10.6. The van der Waals surface area contributed by atoms with Gasteiger partial charge in [0.1, 0.15) is 6.54 Å². The number of hydrogen-bond donors (Lipinski definition) is 2. The Morgan fingerprint density at radius 1 is 1.00 bits per heavy atom. The van der Waals surface area contributed by atoms with Gasteiger partial charge < -0.3 is 29.3 Å². The van der Waals surface area contributed by atoms with Crippen LogP contribution in [0.3, 0.4) is 0 Å². The lowest BCUT2D eigenvalue weighted by Gasteiger charge is -2.34. The van der Waals surface area contributed by atoms with Crippen molar-refractivity contribution in [3.05, 3.63) is 47.0 Å². The van der Waals surface area contributed by atoms with Crippen molar-refractivity contribution < 1.29 is 19.1 Å². The summed E-state index contributed by atoms with van der Waals surface area (Å²) >= 11 is 5.68. The summed E-state index contributed by atoms with van der Waals surface area (Å²) in [5, 5.41) is 4.23. The zero-order chi connectivity index (χ0) is 21.7. The maximum absolute atomic E-state index is 5.68. The number of benzene rings is 2. The van der Waals surface area contributed by atoms with Gasteiger partial charge in [-0.2, -0.15) is 0 Å². The molecular weight excluding hydrogens is 398 g/mol. The number of anilines is 1. The number of methoxy groups -OCH3 is 3. The van der Waals surface area contributed by atoms with E-state index in [-0.39, 0.29) is 0 Å². The van der Waals surface area contributed by atoms with Gasteiger partial charge in [0.2, 0.25) is 5.75 Å². The topological polar surface area (TPSA) is 47.4 Å². The van der Waals surface area contributed by atoms with Gasteiger partial charge in [0.25, 0.3) is 0 Å². The Morgan fingerprint density at radius 3 is 2.33 bits per heavy atom. The number of piperazine rings is 1. The minimum absolute atomic E-state index is 0.648. The summed E-state index contributed by atoms with van der Waals surface area (Å²) in [5.41, 5.74) is 4.71. The predicted molar refractivity (Wildman–Crippen MR) is 124 cm³/mol. The molecule has 1 fully saturated rings. The Hall–Kier alpha value is -2.51. The average molecular weight is 431 g/mol. The molecule has 162 valence electrons. The van der Waals surface area contributed by atoms with Crippen molar-refractivity contribution in [1.29, 1.82) is 0 Å². The summed E-state index contributed by atoms with van der Waals surface area (Å²) in [6.07, 6.45) is 0. The van der Waals surface area contributed by atoms with Crippen molar-refractivity contribution in [3.63, 3.8) is 0 Å². The molecule has 2 N–H and O–H groups in total. The van der Waals surface area contributed by atoms with Crippen LogP contribution in [-0.4, -0.2) is 57.5 Å². The number of ether oxygens (including phenoxy) is 3. The van der Waals surface area contributed by atoms with Gasteiger partial charge in [-0.25, -0.2) is 0 Å². The second-order valence-electron chi connectivity index (χ2n) is 7.58. The molecule has 0 bridgehead atoms. The molecule has 0 aliphatic carbocycles. The number of nitrogens with one attached hydrogen (secondary N) is 2. The molecule has 1 heterocycles. The van der Waals surface area contributed by atoms with E-state index in [0.717, 1.165) is 54.8 Å². The lowest BCUT2D eigenvalue weighted by molar-refractivity contribution is -0.917. The van der Waals surface area contributed by atoms with Crippen LogP contribution in [-0.2, 0) is 6.54 Å². The number of rotatable bonds is 6. The second kappa shape index (κ2) is 10.00. The van der Waals surface area contributed by atoms with Crippen LogP contribution < -0.4 is 24.4 Å². The van der Waals surface area contributed by atoms with Crippen molar-refractivity contribution in [2.75, 3.05) is 52.8 Å². The van der Waals surface area contributed by atoms with E-state index in [9.17, 15) is 0 Å². The molecule has 0 aromatic heterocycles. The summed E-state index contributed by atoms with van der Waals surface area (Å²) in [6, 6.07) is 10.3. The van der Waals surface area contributed by atoms with E-state index in [1.54, 1.807) is 21.3 Å². The van der Waals surface area contributed by atoms with Gasteiger partial charge >= 0.3 is 0 Å². The molecule has 0 radical (unpaired) electrons. The molecule has 0 unspecified atom stereocenters. The van der Waals surface area contributed by atoms with Gasteiger partial charge in [0, 0.05) is 5.69 Å². The fraction of sp³-hybridized carbons (Fsp3) is 0.435. The number of nitrogens with zero attached hydrogens (tertiary/aromatic N) is 1. The molecule has 2 aromatic carbocycles. The zero-order valence-corrected chi connectivity index (χ0v) is 19.3. The highest BCUT2D eigenvalue weighted by Crippen LogP contribution is 2.39. The third-order valence-electron chi connectivity index (χ3n) is 5.83. The van der Waals surface area contributed by atoms with E-state index in [1.807, 2.05) is 6.07 Å². The number of aryl methyl sites for hydroxylation is 1.